The van der Waals surface area contributed by atoms with Gasteiger partial charge in [-0.3, -0.25) is 0 Å². The van der Waals surface area contributed by atoms with E-state index in [2.05, 4.69) is 9.97 Å². The van der Waals surface area contributed by atoms with Gasteiger partial charge in [0.1, 0.15) is 21.7 Å². The predicted octanol–water partition coefficient (Wildman–Crippen LogP) is 2.80. The van der Waals surface area contributed by atoms with Crippen LogP contribution in [0.25, 0.3) is 0 Å². The van der Waals surface area contributed by atoms with E-state index in [4.69, 9.17) is 40.2 Å². The zero-order valence-corrected chi connectivity index (χ0v) is 10.0. The largest absolute Gasteiger partial charge is 0.483 e. The van der Waals surface area contributed by atoms with E-state index in [1.165, 1.54) is 0 Å². The van der Waals surface area contributed by atoms with E-state index in [9.17, 15) is 0 Å². The summed E-state index contributed by atoms with van der Waals surface area (Å²) in [5.74, 6) is 0.503. The smallest absolute Gasteiger partial charge is 0.197 e. The molecule has 1 rings (SSSR count). The van der Waals surface area contributed by atoms with E-state index in [1.807, 2.05) is 6.92 Å². The van der Waals surface area contributed by atoms with Gasteiger partial charge in [0.15, 0.2) is 5.05 Å². The number of thiocarbonyl (C=S) groups is 1. The number of aryl methyl sites for hydroxylation is 1. The molecule has 0 saturated carbocycles. The SMILES string of the molecule is CCOC(=S)c1c(Cl)nc(C)nc1Cl. The van der Waals surface area contributed by atoms with Crippen molar-refractivity contribution in [3.05, 3.63) is 21.7 Å². The van der Waals surface area contributed by atoms with Crippen LogP contribution >= 0.6 is 35.4 Å². The maximum atomic E-state index is 5.86. The Labute approximate surface area is 97.4 Å². The van der Waals surface area contributed by atoms with Gasteiger partial charge in [-0.05, 0) is 26.1 Å². The standard InChI is InChI=1S/C8H8Cl2N2OS/c1-3-13-8(14)5-6(9)11-4(2)12-7(5)10/h3H2,1-2H3. The minimum atomic E-state index is 0.223. The molecule has 1 heterocycles. The van der Waals surface area contributed by atoms with Crippen LogP contribution in [0, 0.1) is 6.92 Å². The van der Waals surface area contributed by atoms with Gasteiger partial charge < -0.3 is 4.74 Å². The van der Waals surface area contributed by atoms with Crippen LogP contribution in [0.4, 0.5) is 0 Å². The summed E-state index contributed by atoms with van der Waals surface area (Å²) in [7, 11) is 0. The van der Waals surface area contributed by atoms with Gasteiger partial charge in [-0.2, -0.15) is 0 Å². The van der Waals surface area contributed by atoms with Gasteiger partial charge in [0, 0.05) is 0 Å². The maximum absolute atomic E-state index is 5.86. The van der Waals surface area contributed by atoms with E-state index in [0.717, 1.165) is 0 Å². The molecule has 76 valence electrons. The molecule has 0 radical (unpaired) electrons. The quantitative estimate of drug-likeness (QED) is 0.598. The molecule has 0 aliphatic heterocycles. The molecule has 0 amide bonds. The molecular weight excluding hydrogens is 243 g/mol. The molecule has 14 heavy (non-hydrogen) atoms. The number of hydrogen-bond acceptors (Lipinski definition) is 4. The lowest BCUT2D eigenvalue weighted by molar-refractivity contribution is 0.337. The number of halogens is 2. The summed E-state index contributed by atoms with van der Waals surface area (Å²) in [6.07, 6.45) is 0. The van der Waals surface area contributed by atoms with Crippen LogP contribution in [0.5, 0.6) is 0 Å². The lowest BCUT2D eigenvalue weighted by Gasteiger charge is -2.07. The van der Waals surface area contributed by atoms with Crippen molar-refractivity contribution in [2.45, 2.75) is 13.8 Å². The lowest BCUT2D eigenvalue weighted by Crippen LogP contribution is -2.08. The molecule has 0 aliphatic rings. The summed E-state index contributed by atoms with van der Waals surface area (Å²) in [5, 5.41) is 0.671. The van der Waals surface area contributed by atoms with E-state index in [-0.39, 0.29) is 15.4 Å². The molecule has 0 fully saturated rings. The van der Waals surface area contributed by atoms with Gasteiger partial charge in [-0.15, -0.1) is 0 Å². The zero-order valence-electron chi connectivity index (χ0n) is 7.67. The van der Waals surface area contributed by atoms with Crippen molar-refractivity contribution in [2.24, 2.45) is 0 Å². The number of rotatable bonds is 2. The topological polar surface area (TPSA) is 35.0 Å². The fraction of sp³-hybridized carbons (Fsp3) is 0.375. The van der Waals surface area contributed by atoms with Crippen LogP contribution < -0.4 is 0 Å². The Morgan fingerprint density at radius 2 is 1.86 bits per heavy atom. The Morgan fingerprint density at radius 1 is 1.36 bits per heavy atom. The van der Waals surface area contributed by atoms with Crippen molar-refractivity contribution in [3.8, 4) is 0 Å². The summed E-state index contributed by atoms with van der Waals surface area (Å²) in [4.78, 5) is 7.88. The molecule has 0 saturated heterocycles. The van der Waals surface area contributed by atoms with Crippen LogP contribution in [0.3, 0.4) is 0 Å². The highest BCUT2D eigenvalue weighted by molar-refractivity contribution is 7.80. The highest BCUT2D eigenvalue weighted by Crippen LogP contribution is 2.22. The van der Waals surface area contributed by atoms with Gasteiger partial charge in [-0.1, -0.05) is 23.2 Å². The minimum Gasteiger partial charge on any atom is -0.483 e. The molecule has 6 heteroatoms. The molecular formula is C8H8Cl2N2OS. The van der Waals surface area contributed by atoms with Crippen molar-refractivity contribution < 1.29 is 4.74 Å². The Morgan fingerprint density at radius 3 is 2.29 bits per heavy atom. The normalized spacial score (nSPS) is 10.0. The molecule has 1 aromatic heterocycles. The van der Waals surface area contributed by atoms with Gasteiger partial charge in [0.2, 0.25) is 0 Å². The Balaban J connectivity index is 3.14. The first-order valence-corrected chi connectivity index (χ1v) is 5.09. The first-order valence-electron chi connectivity index (χ1n) is 3.93. The number of nitrogens with zero attached hydrogens (tertiary/aromatic N) is 2. The Hall–Kier alpha value is -0.450. The third-order valence-electron chi connectivity index (χ3n) is 1.41. The van der Waals surface area contributed by atoms with Gasteiger partial charge in [0.05, 0.1) is 6.61 Å². The van der Waals surface area contributed by atoms with Crippen molar-refractivity contribution in [1.29, 1.82) is 0 Å². The van der Waals surface area contributed by atoms with Crippen LogP contribution in [-0.4, -0.2) is 21.6 Å². The highest BCUT2D eigenvalue weighted by Gasteiger charge is 2.15. The Kier molecular flexibility index (Phi) is 4.04. The first-order chi connectivity index (χ1) is 6.56. The van der Waals surface area contributed by atoms with E-state index < -0.39 is 0 Å². The lowest BCUT2D eigenvalue weighted by atomic mass is 10.3. The van der Waals surface area contributed by atoms with E-state index >= 15 is 0 Å². The summed E-state index contributed by atoms with van der Waals surface area (Å²) in [5.41, 5.74) is 0.385. The van der Waals surface area contributed by atoms with Crippen LogP contribution in [-0.2, 0) is 4.74 Å². The molecule has 0 unspecified atom stereocenters. The van der Waals surface area contributed by atoms with Crippen LogP contribution in [0.15, 0.2) is 0 Å². The fourth-order valence-electron chi connectivity index (χ4n) is 0.878. The second-order valence-corrected chi connectivity index (χ2v) is 3.53. The maximum Gasteiger partial charge on any atom is 0.197 e. The number of ether oxygens (including phenoxy) is 1. The van der Waals surface area contributed by atoms with Crippen molar-refractivity contribution in [1.82, 2.24) is 9.97 Å². The average Bonchev–Trinajstić information content (AvgIpc) is 2.01. The van der Waals surface area contributed by atoms with Gasteiger partial charge >= 0.3 is 0 Å². The predicted molar refractivity (Wildman–Crippen MR) is 60.1 cm³/mol. The van der Waals surface area contributed by atoms with Crippen LogP contribution in [0.1, 0.15) is 18.3 Å². The van der Waals surface area contributed by atoms with E-state index in [1.54, 1.807) is 6.92 Å². The van der Waals surface area contributed by atoms with Crippen molar-refractivity contribution in [3.63, 3.8) is 0 Å². The van der Waals surface area contributed by atoms with Crippen molar-refractivity contribution in [2.75, 3.05) is 6.61 Å². The second kappa shape index (κ2) is 4.87. The third-order valence-corrected chi connectivity index (χ3v) is 2.28. The van der Waals surface area contributed by atoms with Gasteiger partial charge in [-0.25, -0.2) is 9.97 Å². The van der Waals surface area contributed by atoms with Crippen molar-refractivity contribution >= 4 is 40.5 Å². The first kappa shape index (κ1) is 11.6. The molecule has 0 bridgehead atoms. The monoisotopic (exact) mass is 250 g/mol. The third kappa shape index (κ3) is 2.53. The summed E-state index contributed by atoms with van der Waals surface area (Å²) in [6, 6.07) is 0. The second-order valence-electron chi connectivity index (χ2n) is 2.45. The van der Waals surface area contributed by atoms with E-state index in [0.29, 0.717) is 18.0 Å². The number of hydrogen-bond donors (Lipinski definition) is 0. The highest BCUT2D eigenvalue weighted by atomic mass is 35.5. The molecule has 0 spiro atoms. The summed E-state index contributed by atoms with van der Waals surface area (Å²) in [6.45, 7) is 3.98. The molecule has 0 N–H and O–H groups in total. The molecule has 1 aromatic rings. The fourth-order valence-corrected chi connectivity index (χ4v) is 1.94. The van der Waals surface area contributed by atoms with Crippen LogP contribution in [0.2, 0.25) is 10.3 Å². The molecule has 0 atom stereocenters. The summed E-state index contributed by atoms with van der Waals surface area (Å²) < 4.78 is 5.11. The molecule has 0 aliphatic carbocycles. The molecule has 0 aromatic carbocycles. The summed E-state index contributed by atoms with van der Waals surface area (Å²) >= 11 is 16.7. The average molecular weight is 251 g/mol. The minimum absolute atomic E-state index is 0.223. The van der Waals surface area contributed by atoms with Gasteiger partial charge in [0.25, 0.3) is 0 Å². The molecule has 3 nitrogen and oxygen atoms in total. The zero-order chi connectivity index (χ0) is 10.7. The number of aromatic nitrogens is 2. The Bertz CT molecular complexity index is 347.